The van der Waals surface area contributed by atoms with Crippen LogP contribution in [0.5, 0.6) is 17.2 Å². The van der Waals surface area contributed by atoms with Gasteiger partial charge in [0.2, 0.25) is 0 Å². The van der Waals surface area contributed by atoms with E-state index in [1.807, 2.05) is 0 Å². The van der Waals surface area contributed by atoms with Gasteiger partial charge in [-0.05, 0) is 30.3 Å². The van der Waals surface area contributed by atoms with E-state index in [9.17, 15) is 18.0 Å². The van der Waals surface area contributed by atoms with Crippen LogP contribution < -0.4 is 14.2 Å². The van der Waals surface area contributed by atoms with E-state index >= 15 is 0 Å². The molecule has 0 heterocycles. The fourth-order valence-electron chi connectivity index (χ4n) is 2.25. The molecule has 0 atom stereocenters. The normalized spacial score (nSPS) is 11.1. The quantitative estimate of drug-likeness (QED) is 0.245. The van der Waals surface area contributed by atoms with Crippen molar-refractivity contribution in [2.24, 2.45) is 0 Å². The molecule has 0 aliphatic heterocycles. The molecule has 0 bridgehead atoms. The smallest absolute Gasteiger partial charge is 0.454 e. The summed E-state index contributed by atoms with van der Waals surface area (Å²) in [6, 6.07) is 7.75. The van der Waals surface area contributed by atoms with Gasteiger partial charge in [0, 0.05) is 24.1 Å². The molecule has 4 nitrogen and oxygen atoms in total. The molecule has 0 saturated heterocycles. The predicted molar refractivity (Wildman–Crippen MR) is 114 cm³/mol. The minimum atomic E-state index is -4.92. The van der Waals surface area contributed by atoms with Crippen molar-refractivity contribution in [3.05, 3.63) is 62.6 Å². The zero-order valence-electron chi connectivity index (χ0n) is 15.6. The molecule has 0 aromatic heterocycles. The van der Waals surface area contributed by atoms with Crippen molar-refractivity contribution in [2.75, 3.05) is 19.8 Å². The van der Waals surface area contributed by atoms with Gasteiger partial charge >= 0.3 is 6.18 Å². The SMILES string of the molecule is O=C(c1ccc(OCCCOc2c(Cl)cc(OCC=C(Cl)Cl)cc2Cl)cc1)C(F)(F)F. The summed E-state index contributed by atoms with van der Waals surface area (Å²) >= 11 is 23.3. The van der Waals surface area contributed by atoms with Gasteiger partial charge in [0.25, 0.3) is 5.78 Å². The Morgan fingerprint density at radius 2 is 1.48 bits per heavy atom. The van der Waals surface area contributed by atoms with Gasteiger partial charge in [-0.15, -0.1) is 0 Å². The van der Waals surface area contributed by atoms with Crippen LogP contribution in [0.15, 0.2) is 47.0 Å². The van der Waals surface area contributed by atoms with E-state index in [0.717, 1.165) is 12.1 Å². The Morgan fingerprint density at radius 1 is 0.903 bits per heavy atom. The maximum Gasteiger partial charge on any atom is 0.454 e. The highest BCUT2D eigenvalue weighted by atomic mass is 35.5. The number of hydrogen-bond donors (Lipinski definition) is 0. The second kappa shape index (κ2) is 11.7. The lowest BCUT2D eigenvalue weighted by Gasteiger charge is -2.13. The zero-order valence-corrected chi connectivity index (χ0v) is 18.7. The summed E-state index contributed by atoms with van der Waals surface area (Å²) in [6.45, 7) is 0.571. The van der Waals surface area contributed by atoms with Crippen molar-refractivity contribution in [2.45, 2.75) is 12.6 Å². The van der Waals surface area contributed by atoms with Gasteiger partial charge in [-0.25, -0.2) is 0 Å². The van der Waals surface area contributed by atoms with Gasteiger partial charge in [0.05, 0.1) is 23.3 Å². The molecule has 168 valence electrons. The van der Waals surface area contributed by atoms with Crippen LogP contribution in [0.4, 0.5) is 13.2 Å². The molecule has 11 heteroatoms. The first-order chi connectivity index (χ1) is 14.6. The number of ketones is 1. The minimum Gasteiger partial charge on any atom is -0.493 e. The largest absolute Gasteiger partial charge is 0.493 e. The number of carbonyl (C=O) groups is 1. The third kappa shape index (κ3) is 8.33. The average Bonchev–Trinajstić information content (AvgIpc) is 2.68. The summed E-state index contributed by atoms with van der Waals surface area (Å²) < 4.78 is 53.6. The molecular weight excluding hydrogens is 503 g/mol. The van der Waals surface area contributed by atoms with Gasteiger partial charge in [0.1, 0.15) is 22.6 Å². The Bertz CT molecular complexity index is 904. The van der Waals surface area contributed by atoms with Crippen LogP contribution >= 0.6 is 46.4 Å². The number of rotatable bonds is 10. The van der Waals surface area contributed by atoms with Crippen LogP contribution in [0.3, 0.4) is 0 Å². The van der Waals surface area contributed by atoms with E-state index in [1.165, 1.54) is 30.3 Å². The third-order valence-corrected chi connectivity index (χ3v) is 4.51. The lowest BCUT2D eigenvalue weighted by molar-refractivity contribution is -0.0885. The monoisotopic (exact) mass is 516 g/mol. The van der Waals surface area contributed by atoms with Crippen molar-refractivity contribution >= 4 is 52.2 Å². The highest BCUT2D eigenvalue weighted by Crippen LogP contribution is 2.37. The molecule has 2 aromatic carbocycles. The van der Waals surface area contributed by atoms with E-state index in [4.69, 9.17) is 60.6 Å². The van der Waals surface area contributed by atoms with Crippen molar-refractivity contribution in [3.63, 3.8) is 0 Å². The number of halogens is 7. The lowest BCUT2D eigenvalue weighted by atomic mass is 10.1. The molecule has 0 N–H and O–H groups in total. The van der Waals surface area contributed by atoms with E-state index in [-0.39, 0.29) is 40.1 Å². The average molecular weight is 518 g/mol. The molecule has 0 unspecified atom stereocenters. The molecule has 2 aromatic rings. The maximum atomic E-state index is 12.4. The van der Waals surface area contributed by atoms with Crippen LogP contribution in [-0.4, -0.2) is 31.8 Å². The fraction of sp³-hybridized carbons (Fsp3) is 0.250. The molecule has 0 spiro atoms. The number of benzene rings is 2. The zero-order chi connectivity index (χ0) is 23.0. The van der Waals surface area contributed by atoms with Crippen molar-refractivity contribution in [3.8, 4) is 17.2 Å². The van der Waals surface area contributed by atoms with Crippen LogP contribution in [0, 0.1) is 0 Å². The number of alkyl halides is 3. The lowest BCUT2D eigenvalue weighted by Crippen LogP contribution is -2.22. The second-order valence-corrected chi connectivity index (χ2v) is 7.74. The van der Waals surface area contributed by atoms with Crippen molar-refractivity contribution in [1.29, 1.82) is 0 Å². The van der Waals surface area contributed by atoms with Crippen molar-refractivity contribution < 1.29 is 32.2 Å². The molecule has 0 aliphatic carbocycles. The number of ether oxygens (including phenoxy) is 3. The molecule has 0 saturated carbocycles. The van der Waals surface area contributed by atoms with Crippen LogP contribution in [-0.2, 0) is 0 Å². The Morgan fingerprint density at radius 3 is 2.03 bits per heavy atom. The first kappa shape index (κ1) is 25.5. The first-order valence-electron chi connectivity index (χ1n) is 8.68. The minimum absolute atomic E-state index is 0.0742. The van der Waals surface area contributed by atoms with Crippen molar-refractivity contribution in [1.82, 2.24) is 0 Å². The third-order valence-electron chi connectivity index (χ3n) is 3.64. The highest BCUT2D eigenvalue weighted by Gasteiger charge is 2.39. The summed E-state index contributed by atoms with van der Waals surface area (Å²) in [5, 5.41) is 0.489. The molecule has 0 fully saturated rings. The van der Waals surface area contributed by atoms with E-state index in [2.05, 4.69) is 0 Å². The molecule has 31 heavy (non-hydrogen) atoms. The summed E-state index contributed by atoms with van der Waals surface area (Å²) in [7, 11) is 0. The van der Waals surface area contributed by atoms with Gasteiger partial charge in [-0.1, -0.05) is 46.4 Å². The summed E-state index contributed by atoms with van der Waals surface area (Å²) in [4.78, 5) is 11.1. The van der Waals surface area contributed by atoms with Gasteiger partial charge < -0.3 is 14.2 Å². The molecule has 0 aliphatic rings. The maximum absolute atomic E-state index is 12.4. The Labute approximate surface area is 196 Å². The topological polar surface area (TPSA) is 44.8 Å². The predicted octanol–water partition coefficient (Wildman–Crippen LogP) is 7.28. The fourth-order valence-corrected chi connectivity index (χ4v) is 2.95. The number of carbonyl (C=O) groups excluding carboxylic acids is 1. The van der Waals surface area contributed by atoms with E-state index in [0.29, 0.717) is 17.9 Å². The second-order valence-electron chi connectivity index (χ2n) is 5.92. The Hall–Kier alpha value is -1.80. The highest BCUT2D eigenvalue weighted by molar-refractivity contribution is 6.55. The van der Waals surface area contributed by atoms with Gasteiger partial charge in [0.15, 0.2) is 5.75 Å². The molecular formula is C20H15Cl4F3O4. The first-order valence-corrected chi connectivity index (χ1v) is 10.2. The molecule has 0 amide bonds. The van der Waals surface area contributed by atoms with E-state index < -0.39 is 17.5 Å². The van der Waals surface area contributed by atoms with Crippen LogP contribution in [0.25, 0.3) is 0 Å². The standard InChI is InChI=1S/C20H15Cl4F3O4/c21-15-10-14(30-9-6-17(23)24)11-16(22)18(15)31-8-1-7-29-13-4-2-12(3-5-13)19(28)20(25,26)27/h2-6,10-11H,1,7-9H2. The molecule has 2 rings (SSSR count). The van der Waals surface area contributed by atoms with Gasteiger partial charge in [-0.2, -0.15) is 13.2 Å². The van der Waals surface area contributed by atoms with Crippen LogP contribution in [0.1, 0.15) is 16.8 Å². The Kier molecular flexibility index (Phi) is 9.62. The van der Waals surface area contributed by atoms with E-state index in [1.54, 1.807) is 0 Å². The number of hydrogen-bond acceptors (Lipinski definition) is 4. The van der Waals surface area contributed by atoms with Crippen LogP contribution in [0.2, 0.25) is 10.0 Å². The summed E-state index contributed by atoms with van der Waals surface area (Å²) in [5.74, 6) is -0.903. The number of Topliss-reactive ketones (excluding diaryl/α,β-unsaturated/α-hetero) is 1. The Balaban J connectivity index is 1.80. The molecule has 0 radical (unpaired) electrons. The van der Waals surface area contributed by atoms with Gasteiger partial charge in [-0.3, -0.25) is 4.79 Å². The summed E-state index contributed by atoms with van der Waals surface area (Å²) in [6.07, 6.45) is -3.02. The summed E-state index contributed by atoms with van der Waals surface area (Å²) in [5.41, 5.74) is -0.457.